The highest BCUT2D eigenvalue weighted by molar-refractivity contribution is 7.89. The van der Waals surface area contributed by atoms with Crippen LogP contribution in [0.3, 0.4) is 0 Å². The molecule has 0 aliphatic carbocycles. The summed E-state index contributed by atoms with van der Waals surface area (Å²) in [5.74, 6) is 0.395. The molecule has 1 N–H and O–H groups in total. The molecule has 20 heavy (non-hydrogen) atoms. The average Bonchev–Trinajstić information content (AvgIpc) is 2.92. The van der Waals surface area contributed by atoms with Crippen molar-refractivity contribution in [3.63, 3.8) is 0 Å². The summed E-state index contributed by atoms with van der Waals surface area (Å²) in [5, 5.41) is 0. The normalized spacial score (nSPS) is 14.8. The number of hydrogen-bond acceptors (Lipinski definition) is 3. The highest BCUT2D eigenvalue weighted by atomic mass is 32.2. The molecule has 0 atom stereocenters. The molecule has 0 saturated heterocycles. The van der Waals surface area contributed by atoms with Crippen molar-refractivity contribution < 1.29 is 8.42 Å². The van der Waals surface area contributed by atoms with Crippen LogP contribution in [0.15, 0.2) is 45.9 Å². The molecular formula is C15H20N2O2S. The van der Waals surface area contributed by atoms with Crippen molar-refractivity contribution >= 4 is 16.2 Å². The third-order valence-corrected chi connectivity index (χ3v) is 4.72. The van der Waals surface area contributed by atoms with Crippen molar-refractivity contribution in [2.45, 2.75) is 37.5 Å². The van der Waals surface area contributed by atoms with E-state index in [1.54, 1.807) is 12.1 Å². The third-order valence-electron chi connectivity index (χ3n) is 3.25. The van der Waals surface area contributed by atoms with Crippen molar-refractivity contribution in [2.24, 2.45) is 4.99 Å². The van der Waals surface area contributed by atoms with Crippen LogP contribution in [0.5, 0.6) is 0 Å². The van der Waals surface area contributed by atoms with E-state index >= 15 is 0 Å². The maximum atomic E-state index is 12.1. The second-order valence-corrected chi connectivity index (χ2v) is 6.88. The van der Waals surface area contributed by atoms with Gasteiger partial charge in [-0.2, -0.15) is 0 Å². The van der Waals surface area contributed by atoms with Crippen molar-refractivity contribution in [2.75, 3.05) is 6.54 Å². The van der Waals surface area contributed by atoms with E-state index in [2.05, 4.69) is 23.6 Å². The zero-order valence-corrected chi connectivity index (χ0v) is 12.7. The number of benzene rings is 1. The Morgan fingerprint density at radius 3 is 2.50 bits per heavy atom. The summed E-state index contributed by atoms with van der Waals surface area (Å²) >= 11 is 0. The zero-order chi connectivity index (χ0) is 14.6. The number of sulfonamides is 1. The first-order valence-electron chi connectivity index (χ1n) is 6.80. The summed E-state index contributed by atoms with van der Waals surface area (Å²) in [4.78, 5) is 4.47. The average molecular weight is 292 g/mol. The molecule has 0 aromatic heterocycles. The summed E-state index contributed by atoms with van der Waals surface area (Å²) in [5.41, 5.74) is 2.08. The SMILES string of the molecule is CC(C)c1ccc(S(=O)(=O)NCCC2=CCC=N2)cc1. The summed E-state index contributed by atoms with van der Waals surface area (Å²) in [6, 6.07) is 7.04. The van der Waals surface area contributed by atoms with Crippen molar-refractivity contribution in [3.05, 3.63) is 41.6 Å². The highest BCUT2D eigenvalue weighted by Gasteiger charge is 2.14. The minimum Gasteiger partial charge on any atom is -0.266 e. The quantitative estimate of drug-likeness (QED) is 0.876. The number of allylic oxidation sites excluding steroid dienone is 1. The first kappa shape index (κ1) is 14.9. The minimum absolute atomic E-state index is 0.311. The summed E-state index contributed by atoms with van der Waals surface area (Å²) in [6.07, 6.45) is 5.30. The third kappa shape index (κ3) is 3.77. The van der Waals surface area contributed by atoms with Gasteiger partial charge in [0.25, 0.3) is 0 Å². The summed E-state index contributed by atoms with van der Waals surface area (Å²) in [6.45, 7) is 4.53. The van der Waals surface area contributed by atoms with Crippen LogP contribution in [0.1, 0.15) is 38.2 Å². The highest BCUT2D eigenvalue weighted by Crippen LogP contribution is 2.17. The smallest absolute Gasteiger partial charge is 0.240 e. The molecule has 1 heterocycles. The predicted molar refractivity (Wildman–Crippen MR) is 81.5 cm³/mol. The Morgan fingerprint density at radius 2 is 1.95 bits per heavy atom. The van der Waals surface area contributed by atoms with Crippen molar-refractivity contribution in [3.8, 4) is 0 Å². The Morgan fingerprint density at radius 1 is 1.25 bits per heavy atom. The van der Waals surface area contributed by atoms with Crippen LogP contribution in [0.4, 0.5) is 0 Å². The number of nitrogens with zero attached hydrogens (tertiary/aromatic N) is 1. The monoisotopic (exact) mass is 292 g/mol. The van der Waals surface area contributed by atoms with E-state index < -0.39 is 10.0 Å². The maximum absolute atomic E-state index is 12.1. The van der Waals surface area contributed by atoms with Gasteiger partial charge >= 0.3 is 0 Å². The van der Waals surface area contributed by atoms with Gasteiger partial charge in [0.2, 0.25) is 10.0 Å². The molecule has 1 aliphatic rings. The zero-order valence-electron chi connectivity index (χ0n) is 11.8. The standard InChI is InChI=1S/C15H20N2O2S/c1-12(2)13-5-7-15(8-6-13)20(18,19)17-11-9-14-4-3-10-16-14/h4-8,10,12,17H,3,9,11H2,1-2H3. The van der Waals surface area contributed by atoms with Gasteiger partial charge in [0.15, 0.2) is 0 Å². The molecule has 0 saturated carbocycles. The number of rotatable bonds is 6. The predicted octanol–water partition coefficient (Wildman–Crippen LogP) is 2.84. The molecule has 0 bridgehead atoms. The second-order valence-electron chi connectivity index (χ2n) is 5.11. The molecule has 0 fully saturated rings. The van der Waals surface area contributed by atoms with Crippen LogP contribution in [-0.4, -0.2) is 21.2 Å². The number of aliphatic imine (C=N–C) groups is 1. The Balaban J connectivity index is 1.97. The molecular weight excluding hydrogens is 272 g/mol. The minimum atomic E-state index is -3.42. The fraction of sp³-hybridized carbons (Fsp3) is 0.400. The summed E-state index contributed by atoms with van der Waals surface area (Å²) in [7, 11) is -3.42. The lowest BCUT2D eigenvalue weighted by atomic mass is 10.0. The number of hydrogen-bond donors (Lipinski definition) is 1. The van der Waals surface area contributed by atoms with Gasteiger partial charge in [-0.3, -0.25) is 4.99 Å². The first-order chi connectivity index (χ1) is 9.49. The van der Waals surface area contributed by atoms with Gasteiger partial charge in [-0.15, -0.1) is 0 Å². The van der Waals surface area contributed by atoms with Gasteiger partial charge < -0.3 is 0 Å². The van der Waals surface area contributed by atoms with Crippen LogP contribution in [-0.2, 0) is 10.0 Å². The topological polar surface area (TPSA) is 58.5 Å². The molecule has 1 aromatic rings. The lowest BCUT2D eigenvalue weighted by Gasteiger charge is -2.09. The van der Waals surface area contributed by atoms with Gasteiger partial charge in [0.1, 0.15) is 0 Å². The van der Waals surface area contributed by atoms with Gasteiger partial charge in [-0.25, -0.2) is 13.1 Å². The fourth-order valence-corrected chi connectivity index (χ4v) is 3.04. The van der Waals surface area contributed by atoms with Gasteiger partial charge in [-0.05, 0) is 23.6 Å². The Labute approximate surface area is 120 Å². The first-order valence-corrected chi connectivity index (χ1v) is 8.28. The molecule has 0 radical (unpaired) electrons. The molecule has 1 aromatic carbocycles. The lowest BCUT2D eigenvalue weighted by molar-refractivity contribution is 0.581. The fourth-order valence-electron chi connectivity index (χ4n) is 2.01. The largest absolute Gasteiger partial charge is 0.266 e. The number of nitrogens with one attached hydrogen (secondary N) is 1. The van der Waals surface area contributed by atoms with Crippen LogP contribution < -0.4 is 4.72 Å². The van der Waals surface area contributed by atoms with E-state index in [1.165, 1.54) is 0 Å². The van der Waals surface area contributed by atoms with Crippen molar-refractivity contribution in [1.82, 2.24) is 4.72 Å². The van der Waals surface area contributed by atoms with Gasteiger partial charge in [-0.1, -0.05) is 32.1 Å². The van der Waals surface area contributed by atoms with E-state index in [4.69, 9.17) is 0 Å². The van der Waals surface area contributed by atoms with E-state index in [9.17, 15) is 8.42 Å². The maximum Gasteiger partial charge on any atom is 0.240 e. The molecule has 0 spiro atoms. The van der Waals surface area contributed by atoms with Crippen LogP contribution in [0.25, 0.3) is 0 Å². The molecule has 108 valence electrons. The molecule has 4 nitrogen and oxygen atoms in total. The Kier molecular flexibility index (Phi) is 4.73. The lowest BCUT2D eigenvalue weighted by Crippen LogP contribution is -2.25. The molecule has 1 aliphatic heterocycles. The van der Waals surface area contributed by atoms with E-state index in [0.717, 1.165) is 17.7 Å². The van der Waals surface area contributed by atoms with Crippen molar-refractivity contribution in [1.29, 1.82) is 0 Å². The molecule has 5 heteroatoms. The van der Waals surface area contributed by atoms with E-state index in [0.29, 0.717) is 23.8 Å². The molecule has 0 amide bonds. The van der Waals surface area contributed by atoms with E-state index in [1.807, 2.05) is 24.4 Å². The van der Waals surface area contributed by atoms with Crippen LogP contribution in [0.2, 0.25) is 0 Å². The molecule has 0 unspecified atom stereocenters. The van der Waals surface area contributed by atoms with Crippen LogP contribution in [0, 0.1) is 0 Å². The Bertz CT molecular complexity index is 614. The Hall–Kier alpha value is -1.46. The molecule has 2 rings (SSSR count). The summed E-state index contributed by atoms with van der Waals surface area (Å²) < 4.78 is 26.8. The van der Waals surface area contributed by atoms with Gasteiger partial charge in [0.05, 0.1) is 4.90 Å². The van der Waals surface area contributed by atoms with Crippen LogP contribution >= 0.6 is 0 Å². The van der Waals surface area contributed by atoms with Gasteiger partial charge in [0, 0.05) is 31.3 Å². The second kappa shape index (κ2) is 6.33. The van der Waals surface area contributed by atoms with E-state index in [-0.39, 0.29) is 0 Å².